The molecule has 1 rings (SSSR count). The van der Waals surface area contributed by atoms with E-state index in [1.807, 2.05) is 30.3 Å². The summed E-state index contributed by atoms with van der Waals surface area (Å²) in [4.78, 5) is 11.1. The molecule has 0 saturated heterocycles. The van der Waals surface area contributed by atoms with Crippen molar-refractivity contribution in [1.82, 2.24) is 5.32 Å². The number of carbonyl (C=O) groups is 1. The van der Waals surface area contributed by atoms with Crippen LogP contribution < -0.4 is 5.32 Å². The zero-order valence-electron chi connectivity index (χ0n) is 8.48. The van der Waals surface area contributed by atoms with Gasteiger partial charge in [0.2, 0.25) is 0 Å². The fraction of sp³-hybridized carbons (Fsp3) is 0.364. The van der Waals surface area contributed by atoms with Crippen LogP contribution in [0.4, 0.5) is 0 Å². The summed E-state index contributed by atoms with van der Waals surface area (Å²) in [7, 11) is 0. The molecule has 15 heavy (non-hydrogen) atoms. The number of nitrogens with one attached hydrogen (secondary N) is 1. The van der Waals surface area contributed by atoms with Gasteiger partial charge in [0.15, 0.2) is 0 Å². The fourth-order valence-electron chi connectivity index (χ4n) is 1.06. The van der Waals surface area contributed by atoms with Crippen molar-refractivity contribution in [1.29, 1.82) is 0 Å². The Balaban J connectivity index is 2.17. The van der Waals surface area contributed by atoms with Crippen LogP contribution in [-0.2, 0) is 16.1 Å². The number of ether oxygens (including phenoxy) is 1. The third-order valence-electron chi connectivity index (χ3n) is 1.80. The molecular formula is C11H15NO3. The molecule has 0 fully saturated rings. The first kappa shape index (κ1) is 11.7. The average Bonchev–Trinajstić information content (AvgIpc) is 2.28. The highest BCUT2D eigenvalue weighted by Crippen LogP contribution is 2.00. The molecule has 0 spiro atoms. The van der Waals surface area contributed by atoms with Gasteiger partial charge in [-0.1, -0.05) is 30.3 Å². The van der Waals surface area contributed by atoms with E-state index in [4.69, 9.17) is 9.84 Å². The second kappa shape index (κ2) is 6.98. The zero-order chi connectivity index (χ0) is 10.9. The van der Waals surface area contributed by atoms with E-state index in [2.05, 4.69) is 5.32 Å². The summed E-state index contributed by atoms with van der Waals surface area (Å²) in [6.45, 7) is 0.847. The van der Waals surface area contributed by atoms with Gasteiger partial charge >= 0.3 is 5.97 Å². The Bertz CT molecular complexity index is 287. The van der Waals surface area contributed by atoms with E-state index in [0.717, 1.165) is 5.56 Å². The molecule has 0 aromatic heterocycles. The van der Waals surface area contributed by atoms with Crippen molar-refractivity contribution in [3.05, 3.63) is 35.9 Å². The quantitative estimate of drug-likeness (QED) is 0.523. The topological polar surface area (TPSA) is 58.6 Å². The summed E-state index contributed by atoms with van der Waals surface area (Å²) in [5.74, 6) is -0.313. The predicted molar refractivity (Wildman–Crippen MR) is 56.2 cm³/mol. The minimum Gasteiger partial charge on any atom is -0.460 e. The van der Waals surface area contributed by atoms with E-state index in [0.29, 0.717) is 13.2 Å². The predicted octanol–water partition coefficient (Wildman–Crippen LogP) is 0.312. The van der Waals surface area contributed by atoms with Gasteiger partial charge in [0.1, 0.15) is 6.61 Å². The molecule has 0 amide bonds. The Morgan fingerprint density at radius 3 is 2.73 bits per heavy atom. The van der Waals surface area contributed by atoms with Crippen LogP contribution in [0.15, 0.2) is 30.3 Å². The molecule has 0 aliphatic heterocycles. The Kier molecular flexibility index (Phi) is 5.43. The zero-order valence-corrected chi connectivity index (χ0v) is 8.48. The van der Waals surface area contributed by atoms with E-state index < -0.39 is 0 Å². The van der Waals surface area contributed by atoms with Gasteiger partial charge in [-0.05, 0) is 5.56 Å². The van der Waals surface area contributed by atoms with Crippen LogP contribution >= 0.6 is 0 Å². The van der Waals surface area contributed by atoms with Crippen molar-refractivity contribution in [2.24, 2.45) is 0 Å². The largest absolute Gasteiger partial charge is 0.460 e. The molecule has 4 nitrogen and oxygen atoms in total. The van der Waals surface area contributed by atoms with Crippen molar-refractivity contribution in [3.8, 4) is 0 Å². The number of esters is 1. The SMILES string of the molecule is O=C(CNCCO)OCc1ccccc1. The van der Waals surface area contributed by atoms with Crippen molar-refractivity contribution in [2.45, 2.75) is 6.61 Å². The van der Waals surface area contributed by atoms with E-state index in [9.17, 15) is 4.79 Å². The number of aliphatic hydroxyl groups is 1. The highest BCUT2D eigenvalue weighted by Gasteiger charge is 2.01. The molecule has 1 aromatic carbocycles. The first-order chi connectivity index (χ1) is 7.33. The third kappa shape index (κ3) is 5.15. The molecule has 0 atom stereocenters. The maximum Gasteiger partial charge on any atom is 0.320 e. The lowest BCUT2D eigenvalue weighted by molar-refractivity contribution is -0.143. The summed E-state index contributed by atoms with van der Waals surface area (Å²) < 4.78 is 4.99. The maximum atomic E-state index is 11.1. The minimum absolute atomic E-state index is 0.0198. The van der Waals surface area contributed by atoms with Crippen molar-refractivity contribution in [3.63, 3.8) is 0 Å². The number of aliphatic hydroxyl groups excluding tert-OH is 1. The third-order valence-corrected chi connectivity index (χ3v) is 1.80. The van der Waals surface area contributed by atoms with Crippen LogP contribution in [0.2, 0.25) is 0 Å². The van der Waals surface area contributed by atoms with Crippen molar-refractivity contribution < 1.29 is 14.6 Å². The summed E-state index contributed by atoms with van der Waals surface area (Å²) >= 11 is 0. The molecule has 0 aliphatic carbocycles. The lowest BCUT2D eigenvalue weighted by Gasteiger charge is -2.05. The van der Waals surface area contributed by atoms with Gasteiger partial charge < -0.3 is 15.2 Å². The van der Waals surface area contributed by atoms with Crippen LogP contribution in [0.3, 0.4) is 0 Å². The van der Waals surface area contributed by atoms with Crippen molar-refractivity contribution in [2.75, 3.05) is 19.7 Å². The van der Waals surface area contributed by atoms with E-state index >= 15 is 0 Å². The second-order valence-electron chi connectivity index (χ2n) is 3.05. The lowest BCUT2D eigenvalue weighted by atomic mass is 10.2. The number of carbonyl (C=O) groups excluding carboxylic acids is 1. The summed E-state index contributed by atoms with van der Waals surface area (Å²) in [5.41, 5.74) is 0.966. The molecule has 2 N–H and O–H groups in total. The number of rotatable bonds is 6. The van der Waals surface area contributed by atoms with Crippen LogP contribution in [-0.4, -0.2) is 30.8 Å². The molecular weight excluding hydrogens is 194 g/mol. The lowest BCUT2D eigenvalue weighted by Crippen LogP contribution is -2.27. The Hall–Kier alpha value is -1.39. The molecule has 82 valence electrons. The maximum absolute atomic E-state index is 11.1. The van der Waals surface area contributed by atoms with Crippen LogP contribution in [0.25, 0.3) is 0 Å². The Morgan fingerprint density at radius 2 is 2.07 bits per heavy atom. The number of benzene rings is 1. The molecule has 0 unspecified atom stereocenters. The van der Waals surface area contributed by atoms with Gasteiger partial charge in [-0.3, -0.25) is 4.79 Å². The average molecular weight is 209 g/mol. The first-order valence-corrected chi connectivity index (χ1v) is 4.84. The van der Waals surface area contributed by atoms with E-state index in [-0.39, 0.29) is 19.1 Å². The standard InChI is InChI=1S/C11H15NO3/c13-7-6-12-8-11(14)15-9-10-4-2-1-3-5-10/h1-5,12-13H,6-9H2. The van der Waals surface area contributed by atoms with Gasteiger partial charge in [0.05, 0.1) is 13.2 Å². The van der Waals surface area contributed by atoms with Gasteiger partial charge in [0, 0.05) is 6.54 Å². The molecule has 0 radical (unpaired) electrons. The Morgan fingerprint density at radius 1 is 1.33 bits per heavy atom. The molecule has 0 heterocycles. The van der Waals surface area contributed by atoms with E-state index in [1.54, 1.807) is 0 Å². The summed E-state index contributed by atoms with van der Waals surface area (Å²) in [6.07, 6.45) is 0. The molecule has 4 heteroatoms. The van der Waals surface area contributed by atoms with Crippen LogP contribution in [0.1, 0.15) is 5.56 Å². The fourth-order valence-corrected chi connectivity index (χ4v) is 1.06. The summed E-state index contributed by atoms with van der Waals surface area (Å²) in [6, 6.07) is 9.50. The number of hydrogen-bond acceptors (Lipinski definition) is 4. The highest BCUT2D eigenvalue weighted by atomic mass is 16.5. The number of hydrogen-bond donors (Lipinski definition) is 2. The van der Waals surface area contributed by atoms with Gasteiger partial charge in [-0.25, -0.2) is 0 Å². The second-order valence-corrected chi connectivity index (χ2v) is 3.05. The molecule has 0 saturated carbocycles. The molecule has 0 aliphatic rings. The van der Waals surface area contributed by atoms with Gasteiger partial charge in [0.25, 0.3) is 0 Å². The van der Waals surface area contributed by atoms with Gasteiger partial charge in [-0.15, -0.1) is 0 Å². The highest BCUT2D eigenvalue weighted by molar-refractivity contribution is 5.71. The first-order valence-electron chi connectivity index (χ1n) is 4.84. The molecule has 0 bridgehead atoms. The van der Waals surface area contributed by atoms with Crippen LogP contribution in [0, 0.1) is 0 Å². The summed E-state index contributed by atoms with van der Waals surface area (Å²) in [5, 5.41) is 11.2. The molecule has 1 aromatic rings. The minimum atomic E-state index is -0.313. The smallest absolute Gasteiger partial charge is 0.320 e. The monoisotopic (exact) mass is 209 g/mol. The normalized spacial score (nSPS) is 9.93. The Labute approximate surface area is 88.9 Å². The van der Waals surface area contributed by atoms with Crippen molar-refractivity contribution >= 4 is 5.97 Å². The van der Waals surface area contributed by atoms with Crippen LogP contribution in [0.5, 0.6) is 0 Å². The van der Waals surface area contributed by atoms with E-state index in [1.165, 1.54) is 0 Å². The van der Waals surface area contributed by atoms with Gasteiger partial charge in [-0.2, -0.15) is 0 Å².